The van der Waals surface area contributed by atoms with Crippen LogP contribution in [-0.4, -0.2) is 54.6 Å². The van der Waals surface area contributed by atoms with E-state index < -0.39 is 0 Å². The lowest BCUT2D eigenvalue weighted by atomic mass is 9.84. The van der Waals surface area contributed by atoms with Crippen molar-refractivity contribution in [3.05, 3.63) is 0 Å². The summed E-state index contributed by atoms with van der Waals surface area (Å²) in [6.45, 7) is 13.5. The predicted octanol–water partition coefficient (Wildman–Crippen LogP) is 1.78. The number of nitrogens with two attached hydrogens (primary N) is 1. The molecule has 0 aromatic carbocycles. The minimum atomic E-state index is 0.138. The lowest BCUT2D eigenvalue weighted by molar-refractivity contribution is 0.0225. The molecule has 0 aromatic heterocycles. The van der Waals surface area contributed by atoms with E-state index in [9.17, 15) is 0 Å². The van der Waals surface area contributed by atoms with Gasteiger partial charge < -0.3 is 10.6 Å². The first-order valence-corrected chi connectivity index (χ1v) is 7.11. The summed E-state index contributed by atoms with van der Waals surface area (Å²) in [5.41, 5.74) is 6.15. The number of likely N-dealkylation sites (tertiary alicyclic amines) is 1. The van der Waals surface area contributed by atoms with E-state index >= 15 is 0 Å². The fourth-order valence-corrected chi connectivity index (χ4v) is 2.83. The van der Waals surface area contributed by atoms with Gasteiger partial charge in [0.05, 0.1) is 0 Å². The monoisotopic (exact) mass is 241 g/mol. The Hall–Kier alpha value is -0.120. The van der Waals surface area contributed by atoms with E-state index in [0.717, 1.165) is 6.54 Å². The topological polar surface area (TPSA) is 32.5 Å². The fourth-order valence-electron chi connectivity index (χ4n) is 2.83. The van der Waals surface area contributed by atoms with Gasteiger partial charge in [0.15, 0.2) is 0 Å². The van der Waals surface area contributed by atoms with E-state index in [1.54, 1.807) is 0 Å². The average molecular weight is 241 g/mol. The van der Waals surface area contributed by atoms with Crippen LogP contribution in [0.25, 0.3) is 0 Å². The lowest BCUT2D eigenvalue weighted by Crippen LogP contribution is -2.59. The van der Waals surface area contributed by atoms with Gasteiger partial charge in [-0.2, -0.15) is 0 Å². The number of hydrogen-bond acceptors (Lipinski definition) is 3. The second-order valence-corrected chi connectivity index (χ2v) is 5.99. The summed E-state index contributed by atoms with van der Waals surface area (Å²) in [6.07, 6.45) is 2.57. The third-order valence-electron chi connectivity index (χ3n) is 5.01. The third kappa shape index (κ3) is 3.21. The summed E-state index contributed by atoms with van der Waals surface area (Å²) in [4.78, 5) is 5.09. The van der Waals surface area contributed by atoms with Gasteiger partial charge in [-0.15, -0.1) is 0 Å². The summed E-state index contributed by atoms with van der Waals surface area (Å²) in [5, 5.41) is 0. The van der Waals surface area contributed by atoms with Crippen LogP contribution in [0, 0.1) is 5.92 Å². The molecule has 1 atom stereocenters. The number of hydrogen-bond donors (Lipinski definition) is 1. The standard InChI is InChI=1S/C14H31N3/c1-6-17-9-7-13(8-10-17)16(5)14(4,11-15)12(2)3/h12-13H,6-11,15H2,1-5H3. The molecule has 3 heteroatoms. The fraction of sp³-hybridized carbons (Fsp3) is 1.00. The largest absolute Gasteiger partial charge is 0.329 e. The summed E-state index contributed by atoms with van der Waals surface area (Å²) >= 11 is 0. The van der Waals surface area contributed by atoms with Gasteiger partial charge in [-0.05, 0) is 52.4 Å². The number of rotatable bonds is 5. The van der Waals surface area contributed by atoms with Crippen LogP contribution in [0.5, 0.6) is 0 Å². The van der Waals surface area contributed by atoms with E-state index in [1.165, 1.54) is 32.5 Å². The molecular weight excluding hydrogens is 210 g/mol. The number of nitrogens with zero attached hydrogens (tertiary/aromatic N) is 2. The number of piperidine rings is 1. The molecule has 1 rings (SSSR count). The van der Waals surface area contributed by atoms with E-state index in [1.807, 2.05) is 0 Å². The molecule has 102 valence electrons. The van der Waals surface area contributed by atoms with Gasteiger partial charge in [0, 0.05) is 18.1 Å². The minimum absolute atomic E-state index is 0.138. The van der Waals surface area contributed by atoms with Crippen LogP contribution >= 0.6 is 0 Å². The average Bonchev–Trinajstić information content (AvgIpc) is 2.36. The molecule has 0 radical (unpaired) electrons. The Morgan fingerprint density at radius 1 is 1.35 bits per heavy atom. The molecule has 2 N–H and O–H groups in total. The molecule has 0 amide bonds. The van der Waals surface area contributed by atoms with Crippen LogP contribution in [-0.2, 0) is 0 Å². The van der Waals surface area contributed by atoms with Crippen molar-refractivity contribution in [1.82, 2.24) is 9.80 Å². The van der Waals surface area contributed by atoms with Crippen molar-refractivity contribution >= 4 is 0 Å². The zero-order chi connectivity index (χ0) is 13.1. The van der Waals surface area contributed by atoms with E-state index in [-0.39, 0.29) is 5.54 Å². The highest BCUT2D eigenvalue weighted by Crippen LogP contribution is 2.28. The molecule has 1 fully saturated rings. The maximum absolute atomic E-state index is 6.02. The molecule has 17 heavy (non-hydrogen) atoms. The van der Waals surface area contributed by atoms with Crippen LogP contribution in [0.3, 0.4) is 0 Å². The predicted molar refractivity (Wildman–Crippen MR) is 75.2 cm³/mol. The Kier molecular flexibility index (Phi) is 5.42. The molecule has 1 aliphatic rings. The van der Waals surface area contributed by atoms with E-state index in [2.05, 4.69) is 44.5 Å². The maximum Gasteiger partial charge on any atom is 0.0326 e. The molecule has 0 aromatic rings. The van der Waals surface area contributed by atoms with Crippen molar-refractivity contribution in [2.24, 2.45) is 11.7 Å². The Morgan fingerprint density at radius 3 is 2.24 bits per heavy atom. The van der Waals surface area contributed by atoms with Crippen LogP contribution in [0.4, 0.5) is 0 Å². The van der Waals surface area contributed by atoms with Gasteiger partial charge in [0.1, 0.15) is 0 Å². The normalized spacial score (nSPS) is 23.3. The quantitative estimate of drug-likeness (QED) is 0.796. The minimum Gasteiger partial charge on any atom is -0.329 e. The van der Waals surface area contributed by atoms with E-state index in [4.69, 9.17) is 5.73 Å². The highest BCUT2D eigenvalue weighted by molar-refractivity contribution is 4.93. The first-order valence-electron chi connectivity index (χ1n) is 7.11. The number of likely N-dealkylation sites (N-methyl/N-ethyl adjacent to an activating group) is 1. The van der Waals surface area contributed by atoms with Gasteiger partial charge >= 0.3 is 0 Å². The summed E-state index contributed by atoms with van der Waals surface area (Å²) in [5.74, 6) is 0.599. The Morgan fingerprint density at radius 2 is 1.88 bits per heavy atom. The van der Waals surface area contributed by atoms with Crippen molar-refractivity contribution < 1.29 is 0 Å². The van der Waals surface area contributed by atoms with E-state index in [0.29, 0.717) is 12.0 Å². The van der Waals surface area contributed by atoms with Gasteiger partial charge in [0.25, 0.3) is 0 Å². The molecule has 0 spiro atoms. The first kappa shape index (κ1) is 14.9. The van der Waals surface area contributed by atoms with Crippen molar-refractivity contribution in [3.8, 4) is 0 Å². The molecule has 1 aliphatic heterocycles. The van der Waals surface area contributed by atoms with Crippen LogP contribution in [0.2, 0.25) is 0 Å². The zero-order valence-electron chi connectivity index (χ0n) is 12.4. The molecule has 1 unspecified atom stereocenters. The van der Waals surface area contributed by atoms with Crippen molar-refractivity contribution in [1.29, 1.82) is 0 Å². The van der Waals surface area contributed by atoms with Crippen LogP contribution < -0.4 is 5.73 Å². The Labute approximate surface area is 107 Å². The molecule has 3 nitrogen and oxygen atoms in total. The molecule has 0 saturated carbocycles. The summed E-state index contributed by atoms with van der Waals surface area (Å²) < 4.78 is 0. The van der Waals surface area contributed by atoms with Crippen molar-refractivity contribution in [2.75, 3.05) is 33.2 Å². The smallest absolute Gasteiger partial charge is 0.0326 e. The van der Waals surface area contributed by atoms with Gasteiger partial charge in [0.2, 0.25) is 0 Å². The molecular formula is C14H31N3. The summed E-state index contributed by atoms with van der Waals surface area (Å²) in [6, 6.07) is 0.703. The maximum atomic E-state index is 6.02. The van der Waals surface area contributed by atoms with Crippen LogP contribution in [0.1, 0.15) is 40.5 Å². The summed E-state index contributed by atoms with van der Waals surface area (Å²) in [7, 11) is 2.26. The van der Waals surface area contributed by atoms with Gasteiger partial charge in [-0.25, -0.2) is 0 Å². The van der Waals surface area contributed by atoms with Crippen LogP contribution in [0.15, 0.2) is 0 Å². The Bertz CT molecular complexity index is 222. The highest BCUT2D eigenvalue weighted by Gasteiger charge is 2.36. The van der Waals surface area contributed by atoms with Gasteiger partial charge in [-0.3, -0.25) is 4.90 Å². The molecule has 1 heterocycles. The van der Waals surface area contributed by atoms with Crippen molar-refractivity contribution in [3.63, 3.8) is 0 Å². The molecule has 0 aliphatic carbocycles. The Balaban J connectivity index is 2.61. The second-order valence-electron chi connectivity index (χ2n) is 5.99. The third-order valence-corrected chi connectivity index (χ3v) is 5.01. The SMILES string of the molecule is CCN1CCC(N(C)C(C)(CN)C(C)C)CC1. The second kappa shape index (κ2) is 6.17. The molecule has 1 saturated heterocycles. The highest BCUT2D eigenvalue weighted by atomic mass is 15.2. The molecule has 0 bridgehead atoms. The first-order chi connectivity index (χ1) is 7.95. The lowest BCUT2D eigenvalue weighted by Gasteiger charge is -2.48. The van der Waals surface area contributed by atoms with Crippen molar-refractivity contribution in [2.45, 2.75) is 52.1 Å². The zero-order valence-corrected chi connectivity index (χ0v) is 12.4. The van der Waals surface area contributed by atoms with Gasteiger partial charge in [-0.1, -0.05) is 20.8 Å².